The van der Waals surface area contributed by atoms with Crippen LogP contribution in [0.5, 0.6) is 34.5 Å². The molecule has 0 aromatic heterocycles. The molecule has 0 heterocycles. The van der Waals surface area contributed by atoms with Crippen molar-refractivity contribution in [2.75, 3.05) is 33.9 Å². The maximum atomic E-state index is 14.0. The number of hydrogen-bond donors (Lipinski definition) is 2. The number of nitrogens with two attached hydrogens (primary N) is 1. The number of nitrogen functional groups attached to an aromatic ring is 1. The molecule has 0 unspecified atom stereocenters. The van der Waals surface area contributed by atoms with Crippen molar-refractivity contribution in [1.29, 1.82) is 0 Å². The first kappa shape index (κ1) is 36.6. The topological polar surface area (TPSA) is 145 Å². The summed E-state index contributed by atoms with van der Waals surface area (Å²) in [6.45, 7) is -0.857. The molecule has 0 aliphatic rings. The minimum absolute atomic E-state index is 0.0341. The van der Waals surface area contributed by atoms with Gasteiger partial charge in [0.1, 0.15) is 29.7 Å². The number of rotatable bonds is 12. The lowest BCUT2D eigenvalue weighted by atomic mass is 10.2. The van der Waals surface area contributed by atoms with E-state index in [0.717, 1.165) is 24.3 Å². The van der Waals surface area contributed by atoms with Crippen molar-refractivity contribution in [3.63, 3.8) is 0 Å². The molecule has 0 amide bonds. The standard InChI is InChI=1S/C16H16ClF2NO4.C14H10ClF2NO5/c1-21-8-24-14-5-10(17)12(20)6-15(14)23-7-9-13(22-2)4-3-11(18)16(9)19;1-22-12-3-2-9(16)14(17)7(12)6-23-13-5-10(18(20)21)8(15)4-11(13)19/h3-6H,7-8,20H2,1-2H3;2-5,19H,6H2,1H3. The maximum Gasteiger partial charge on any atom is 0.291 e. The van der Waals surface area contributed by atoms with Crippen molar-refractivity contribution in [3.05, 3.63) is 103 Å². The second-order valence-electron chi connectivity index (χ2n) is 9.06. The summed E-state index contributed by atoms with van der Waals surface area (Å²) in [7, 11) is 4.07. The summed E-state index contributed by atoms with van der Waals surface area (Å²) in [6, 6.07) is 9.08. The Bertz CT molecular complexity index is 1750. The molecule has 0 saturated heterocycles. The van der Waals surface area contributed by atoms with Gasteiger partial charge in [-0.1, -0.05) is 23.2 Å². The fraction of sp³-hybridized carbons (Fsp3) is 0.200. The first-order valence-electron chi connectivity index (χ1n) is 13.0. The first-order valence-corrected chi connectivity index (χ1v) is 13.7. The average Bonchev–Trinajstić information content (AvgIpc) is 3.04. The number of phenolic OH excluding ortho intramolecular Hbond substituents is 1. The van der Waals surface area contributed by atoms with Gasteiger partial charge in [-0.15, -0.1) is 0 Å². The highest BCUT2D eigenvalue weighted by Crippen LogP contribution is 2.38. The number of phenols is 1. The summed E-state index contributed by atoms with van der Waals surface area (Å²) in [4.78, 5) is 10.0. The zero-order valence-corrected chi connectivity index (χ0v) is 26.3. The summed E-state index contributed by atoms with van der Waals surface area (Å²) in [5.41, 5.74) is 5.20. The Morgan fingerprint density at radius 2 is 1.26 bits per heavy atom. The number of methoxy groups -OCH3 is 3. The van der Waals surface area contributed by atoms with Crippen LogP contribution in [-0.4, -0.2) is 38.2 Å². The molecule has 0 aliphatic carbocycles. The van der Waals surface area contributed by atoms with E-state index in [1.54, 1.807) is 0 Å². The van der Waals surface area contributed by atoms with Crippen LogP contribution in [0.15, 0.2) is 48.5 Å². The molecule has 0 saturated carbocycles. The van der Waals surface area contributed by atoms with Gasteiger partial charge < -0.3 is 39.3 Å². The summed E-state index contributed by atoms with van der Waals surface area (Å²) < 4.78 is 85.2. The van der Waals surface area contributed by atoms with Crippen LogP contribution in [0.4, 0.5) is 28.9 Å². The molecular weight excluding hydrogens is 679 g/mol. The lowest BCUT2D eigenvalue weighted by Gasteiger charge is -2.15. The van der Waals surface area contributed by atoms with Gasteiger partial charge in [0, 0.05) is 25.3 Å². The highest BCUT2D eigenvalue weighted by Gasteiger charge is 2.21. The highest BCUT2D eigenvalue weighted by atomic mass is 35.5. The number of halogens is 6. The third-order valence-electron chi connectivity index (χ3n) is 6.11. The summed E-state index contributed by atoms with van der Waals surface area (Å²) in [5, 5.41) is 20.5. The summed E-state index contributed by atoms with van der Waals surface area (Å²) in [6.07, 6.45) is 0. The van der Waals surface area contributed by atoms with E-state index >= 15 is 0 Å². The van der Waals surface area contributed by atoms with Crippen LogP contribution >= 0.6 is 23.2 Å². The van der Waals surface area contributed by atoms with Crippen molar-refractivity contribution < 1.29 is 56.0 Å². The molecule has 11 nitrogen and oxygen atoms in total. The number of aromatic hydroxyl groups is 1. The number of nitro groups is 1. The summed E-state index contributed by atoms with van der Waals surface area (Å²) in [5.74, 6) is -4.43. The van der Waals surface area contributed by atoms with E-state index in [1.165, 1.54) is 45.6 Å². The number of ether oxygens (including phenoxy) is 6. The van der Waals surface area contributed by atoms with E-state index in [-0.39, 0.29) is 69.0 Å². The Labute approximate surface area is 275 Å². The van der Waals surface area contributed by atoms with Crippen LogP contribution in [0, 0.1) is 33.4 Å². The Kier molecular flexibility index (Phi) is 13.0. The fourth-order valence-electron chi connectivity index (χ4n) is 3.79. The number of anilines is 1. The van der Waals surface area contributed by atoms with Gasteiger partial charge in [-0.05, 0) is 24.3 Å². The van der Waals surface area contributed by atoms with Gasteiger partial charge >= 0.3 is 0 Å². The van der Waals surface area contributed by atoms with E-state index in [4.69, 9.17) is 57.4 Å². The smallest absolute Gasteiger partial charge is 0.291 e. The minimum Gasteiger partial charge on any atom is -0.504 e. The number of nitrogens with zero attached hydrogens (tertiary/aromatic N) is 1. The van der Waals surface area contributed by atoms with E-state index < -0.39 is 46.2 Å². The second kappa shape index (κ2) is 16.6. The minimum atomic E-state index is -1.17. The van der Waals surface area contributed by atoms with Gasteiger partial charge in [0.2, 0.25) is 0 Å². The molecular formula is C30H26Cl2F4N2O9. The van der Waals surface area contributed by atoms with E-state index in [2.05, 4.69) is 0 Å². The lowest BCUT2D eigenvalue weighted by molar-refractivity contribution is -0.384. The third-order valence-corrected chi connectivity index (χ3v) is 6.74. The number of benzene rings is 4. The molecule has 0 bridgehead atoms. The van der Waals surface area contributed by atoms with Gasteiger partial charge in [0.25, 0.3) is 5.69 Å². The molecule has 4 aromatic rings. The first-order chi connectivity index (χ1) is 22.3. The van der Waals surface area contributed by atoms with Gasteiger partial charge in [0.05, 0.1) is 47.0 Å². The van der Waals surface area contributed by atoms with Gasteiger partial charge in [-0.25, -0.2) is 17.6 Å². The van der Waals surface area contributed by atoms with Crippen LogP contribution in [0.1, 0.15) is 11.1 Å². The molecule has 4 rings (SSSR count). The highest BCUT2D eigenvalue weighted by molar-refractivity contribution is 6.33. The Hall–Kier alpha value is -4.86. The normalized spacial score (nSPS) is 10.5. The van der Waals surface area contributed by atoms with Crippen LogP contribution in [0.3, 0.4) is 0 Å². The Morgan fingerprint density at radius 1 is 0.745 bits per heavy atom. The monoisotopic (exact) mass is 704 g/mol. The quantitative estimate of drug-likeness (QED) is 0.0497. The summed E-state index contributed by atoms with van der Waals surface area (Å²) >= 11 is 11.6. The predicted molar refractivity (Wildman–Crippen MR) is 163 cm³/mol. The van der Waals surface area contributed by atoms with Gasteiger partial charge in [-0.2, -0.15) is 0 Å². The molecule has 0 spiro atoms. The van der Waals surface area contributed by atoms with Crippen molar-refractivity contribution in [3.8, 4) is 34.5 Å². The number of nitro benzene ring substituents is 1. The third kappa shape index (κ3) is 9.12. The molecule has 252 valence electrons. The molecule has 4 aromatic carbocycles. The Balaban J connectivity index is 0.000000256. The maximum absolute atomic E-state index is 14.0. The van der Waals surface area contributed by atoms with Gasteiger partial charge in [0.15, 0.2) is 53.1 Å². The molecule has 0 radical (unpaired) electrons. The average molecular weight is 705 g/mol. The lowest BCUT2D eigenvalue weighted by Crippen LogP contribution is -2.06. The van der Waals surface area contributed by atoms with Crippen LogP contribution < -0.4 is 29.4 Å². The molecule has 3 N–H and O–H groups in total. The largest absolute Gasteiger partial charge is 0.504 e. The van der Waals surface area contributed by atoms with E-state index in [0.29, 0.717) is 0 Å². The zero-order chi connectivity index (χ0) is 34.8. The SMILES string of the molecule is COCOc1cc(Cl)c(N)cc1OCc1c(OC)ccc(F)c1F.COc1ccc(F)c(F)c1COc1cc([N+](=O)[O-])c(Cl)cc1O. The second-order valence-corrected chi connectivity index (χ2v) is 9.88. The van der Waals surface area contributed by atoms with E-state index in [1.807, 2.05) is 0 Å². The molecule has 0 fully saturated rings. The molecule has 0 aliphatic heterocycles. The van der Waals surface area contributed by atoms with Gasteiger partial charge in [-0.3, -0.25) is 10.1 Å². The fourth-order valence-corrected chi connectivity index (χ4v) is 4.17. The number of hydrogen-bond acceptors (Lipinski definition) is 10. The van der Waals surface area contributed by atoms with Crippen LogP contribution in [0.2, 0.25) is 10.0 Å². The van der Waals surface area contributed by atoms with Crippen LogP contribution in [0.25, 0.3) is 0 Å². The van der Waals surface area contributed by atoms with Crippen LogP contribution in [-0.2, 0) is 18.0 Å². The Morgan fingerprint density at radius 3 is 1.74 bits per heavy atom. The molecule has 0 atom stereocenters. The predicted octanol–water partition coefficient (Wildman–Crippen LogP) is 7.59. The van der Waals surface area contributed by atoms with Crippen molar-refractivity contribution in [1.82, 2.24) is 0 Å². The van der Waals surface area contributed by atoms with E-state index in [9.17, 15) is 32.8 Å². The zero-order valence-electron chi connectivity index (χ0n) is 24.7. The molecule has 17 heteroatoms. The van der Waals surface area contributed by atoms with Crippen molar-refractivity contribution in [2.24, 2.45) is 0 Å². The van der Waals surface area contributed by atoms with Crippen molar-refractivity contribution >= 4 is 34.6 Å². The van der Waals surface area contributed by atoms with Crippen molar-refractivity contribution in [2.45, 2.75) is 13.2 Å². The molecule has 47 heavy (non-hydrogen) atoms.